The zero-order valence-electron chi connectivity index (χ0n) is 11.3. The van der Waals surface area contributed by atoms with Crippen LogP contribution < -0.4 is 0 Å². The molecule has 0 spiro atoms. The Labute approximate surface area is 116 Å². The predicted octanol–water partition coefficient (Wildman–Crippen LogP) is 3.39. The van der Waals surface area contributed by atoms with Gasteiger partial charge in [0.25, 0.3) is 0 Å². The van der Waals surface area contributed by atoms with Crippen LogP contribution in [0, 0.1) is 5.41 Å². The van der Waals surface area contributed by atoms with E-state index < -0.39 is 0 Å². The van der Waals surface area contributed by atoms with Gasteiger partial charge >= 0.3 is 0 Å². The predicted molar refractivity (Wildman–Crippen MR) is 79.9 cm³/mol. The van der Waals surface area contributed by atoms with E-state index in [0.717, 1.165) is 18.8 Å². The summed E-state index contributed by atoms with van der Waals surface area (Å²) in [6.07, 6.45) is 10.6. The first-order valence-corrected chi connectivity index (χ1v) is 7.56. The maximum Gasteiger partial charge on any atom is 0.0312 e. The van der Waals surface area contributed by atoms with E-state index in [0.29, 0.717) is 5.41 Å². The van der Waals surface area contributed by atoms with Crippen molar-refractivity contribution in [2.24, 2.45) is 5.41 Å². The number of hydrogen-bond acceptors (Lipinski definition) is 3. The minimum atomic E-state index is 0.443. The summed E-state index contributed by atoms with van der Waals surface area (Å²) in [5, 5.41) is 0. The number of aromatic nitrogens is 1. The van der Waals surface area contributed by atoms with Gasteiger partial charge in [0, 0.05) is 25.5 Å². The van der Waals surface area contributed by atoms with Crippen molar-refractivity contribution in [3.05, 3.63) is 30.1 Å². The Hall–Kier alpha value is -0.540. The second-order valence-corrected chi connectivity index (χ2v) is 6.07. The summed E-state index contributed by atoms with van der Waals surface area (Å²) >= 11 is 4.61. The molecule has 0 saturated heterocycles. The second-order valence-electron chi connectivity index (χ2n) is 5.75. The Balaban J connectivity index is 1.91. The third-order valence-electron chi connectivity index (χ3n) is 4.03. The van der Waals surface area contributed by atoms with Crippen molar-refractivity contribution in [3.63, 3.8) is 0 Å². The van der Waals surface area contributed by atoms with Gasteiger partial charge in [-0.15, -0.1) is 0 Å². The molecule has 1 saturated carbocycles. The number of nitrogens with zero attached hydrogens (tertiary/aromatic N) is 2. The summed E-state index contributed by atoms with van der Waals surface area (Å²) in [4.78, 5) is 6.61. The first-order valence-electron chi connectivity index (χ1n) is 6.92. The molecule has 0 aliphatic heterocycles. The smallest absolute Gasteiger partial charge is 0.0312 e. The van der Waals surface area contributed by atoms with Crippen molar-refractivity contribution in [1.82, 2.24) is 9.88 Å². The molecule has 1 heterocycles. The zero-order chi connectivity index (χ0) is 12.8. The molecule has 0 bridgehead atoms. The van der Waals surface area contributed by atoms with E-state index >= 15 is 0 Å². The molecule has 2 nitrogen and oxygen atoms in total. The van der Waals surface area contributed by atoms with Gasteiger partial charge in [0.05, 0.1) is 0 Å². The zero-order valence-corrected chi connectivity index (χ0v) is 12.2. The fourth-order valence-electron chi connectivity index (χ4n) is 3.10. The topological polar surface area (TPSA) is 16.1 Å². The van der Waals surface area contributed by atoms with Gasteiger partial charge in [-0.25, -0.2) is 0 Å². The van der Waals surface area contributed by atoms with Crippen LogP contribution in [0.3, 0.4) is 0 Å². The summed E-state index contributed by atoms with van der Waals surface area (Å²) in [7, 11) is 2.22. The third kappa shape index (κ3) is 3.72. The molecule has 1 fully saturated rings. The Kier molecular flexibility index (Phi) is 5.07. The molecule has 3 heteroatoms. The monoisotopic (exact) mass is 264 g/mol. The molecule has 1 aliphatic carbocycles. The Bertz CT molecular complexity index is 347. The van der Waals surface area contributed by atoms with Crippen LogP contribution in [-0.2, 0) is 6.54 Å². The molecule has 0 unspecified atom stereocenters. The Morgan fingerprint density at radius 3 is 2.72 bits per heavy atom. The molecule has 1 aromatic rings. The third-order valence-corrected chi connectivity index (χ3v) is 4.70. The maximum atomic E-state index is 4.61. The normalized spacial score (nSPS) is 19.1. The molecule has 100 valence electrons. The fraction of sp³-hybridized carbons (Fsp3) is 0.667. The fourth-order valence-corrected chi connectivity index (χ4v) is 3.52. The van der Waals surface area contributed by atoms with Crippen LogP contribution in [0.2, 0.25) is 0 Å². The van der Waals surface area contributed by atoms with Gasteiger partial charge in [-0.1, -0.05) is 25.3 Å². The first-order chi connectivity index (χ1) is 8.74. The first kappa shape index (κ1) is 13.9. The Morgan fingerprint density at radius 2 is 2.11 bits per heavy atom. The Morgan fingerprint density at radius 1 is 1.33 bits per heavy atom. The lowest BCUT2D eigenvalue weighted by molar-refractivity contribution is 0.140. The standard InChI is InChI=1S/C15H24N2S/c1-17(11-14-6-5-9-16-10-14)12-15(13-18)7-3-2-4-8-15/h5-6,9-10,18H,2-4,7-8,11-13H2,1H3. The van der Waals surface area contributed by atoms with Crippen LogP contribution in [0.5, 0.6) is 0 Å². The minimum Gasteiger partial charge on any atom is -0.301 e. The summed E-state index contributed by atoms with van der Waals surface area (Å²) in [5.74, 6) is 1.02. The van der Waals surface area contributed by atoms with Crippen LogP contribution in [0.1, 0.15) is 37.7 Å². The van der Waals surface area contributed by atoms with Gasteiger partial charge in [-0.2, -0.15) is 12.6 Å². The van der Waals surface area contributed by atoms with E-state index in [2.05, 4.69) is 35.6 Å². The number of rotatable bonds is 5. The van der Waals surface area contributed by atoms with E-state index in [9.17, 15) is 0 Å². The molecule has 0 N–H and O–H groups in total. The van der Waals surface area contributed by atoms with Crippen molar-refractivity contribution in [2.75, 3.05) is 19.3 Å². The van der Waals surface area contributed by atoms with Gasteiger partial charge in [-0.05, 0) is 42.7 Å². The van der Waals surface area contributed by atoms with Crippen molar-refractivity contribution < 1.29 is 0 Å². The van der Waals surface area contributed by atoms with Gasteiger partial charge in [0.1, 0.15) is 0 Å². The van der Waals surface area contributed by atoms with E-state index in [1.165, 1.54) is 37.7 Å². The molecule has 2 rings (SSSR count). The molecule has 1 aliphatic rings. The van der Waals surface area contributed by atoms with Crippen LogP contribution in [0.25, 0.3) is 0 Å². The second kappa shape index (κ2) is 6.58. The van der Waals surface area contributed by atoms with E-state index in [-0.39, 0.29) is 0 Å². The molecule has 0 aromatic carbocycles. The van der Waals surface area contributed by atoms with E-state index in [1.54, 1.807) is 0 Å². The van der Waals surface area contributed by atoms with Gasteiger partial charge < -0.3 is 4.90 Å². The highest BCUT2D eigenvalue weighted by Gasteiger charge is 2.31. The van der Waals surface area contributed by atoms with Crippen molar-refractivity contribution in [3.8, 4) is 0 Å². The molecular formula is C15H24N2S. The maximum absolute atomic E-state index is 4.61. The van der Waals surface area contributed by atoms with Crippen LogP contribution in [0.15, 0.2) is 24.5 Å². The van der Waals surface area contributed by atoms with Crippen LogP contribution in [0.4, 0.5) is 0 Å². The van der Waals surface area contributed by atoms with E-state index in [4.69, 9.17) is 0 Å². The minimum absolute atomic E-state index is 0.443. The highest BCUT2D eigenvalue weighted by Crippen LogP contribution is 2.37. The molecule has 1 aromatic heterocycles. The summed E-state index contributed by atoms with van der Waals surface area (Å²) in [5.41, 5.74) is 1.74. The van der Waals surface area contributed by atoms with E-state index in [1.807, 2.05) is 18.5 Å². The van der Waals surface area contributed by atoms with Crippen molar-refractivity contribution in [2.45, 2.75) is 38.6 Å². The lowest BCUT2D eigenvalue weighted by Gasteiger charge is -2.39. The molecule has 0 radical (unpaired) electrons. The lowest BCUT2D eigenvalue weighted by Crippen LogP contribution is -2.38. The molecule has 0 atom stereocenters. The van der Waals surface area contributed by atoms with Crippen molar-refractivity contribution in [1.29, 1.82) is 0 Å². The average Bonchev–Trinajstić information content (AvgIpc) is 2.41. The highest BCUT2D eigenvalue weighted by atomic mass is 32.1. The van der Waals surface area contributed by atoms with Gasteiger partial charge in [0.15, 0.2) is 0 Å². The summed E-state index contributed by atoms with van der Waals surface area (Å²) in [6, 6.07) is 4.16. The molecule has 18 heavy (non-hydrogen) atoms. The summed E-state index contributed by atoms with van der Waals surface area (Å²) in [6.45, 7) is 2.15. The van der Waals surface area contributed by atoms with Gasteiger partial charge in [0.2, 0.25) is 0 Å². The van der Waals surface area contributed by atoms with Gasteiger partial charge in [-0.3, -0.25) is 4.98 Å². The number of pyridine rings is 1. The largest absolute Gasteiger partial charge is 0.301 e. The van der Waals surface area contributed by atoms with Crippen LogP contribution in [-0.4, -0.2) is 29.2 Å². The quantitative estimate of drug-likeness (QED) is 0.821. The molecular weight excluding hydrogens is 240 g/mol. The number of hydrogen-bond donors (Lipinski definition) is 1. The van der Waals surface area contributed by atoms with Crippen molar-refractivity contribution >= 4 is 12.6 Å². The average molecular weight is 264 g/mol. The highest BCUT2D eigenvalue weighted by molar-refractivity contribution is 7.80. The molecule has 0 amide bonds. The lowest BCUT2D eigenvalue weighted by atomic mass is 9.75. The van der Waals surface area contributed by atoms with Crippen LogP contribution >= 0.6 is 12.6 Å². The summed E-state index contributed by atoms with van der Waals surface area (Å²) < 4.78 is 0. The SMILES string of the molecule is CN(Cc1cccnc1)CC1(CS)CCCCC1. The number of thiol groups is 1.